The van der Waals surface area contributed by atoms with E-state index in [1.165, 1.54) is 16.8 Å². The van der Waals surface area contributed by atoms with Crippen LogP contribution in [0.2, 0.25) is 0 Å². The zero-order valence-corrected chi connectivity index (χ0v) is 15.3. The van der Waals surface area contributed by atoms with Crippen molar-refractivity contribution in [3.63, 3.8) is 0 Å². The van der Waals surface area contributed by atoms with Crippen LogP contribution in [0.5, 0.6) is 0 Å². The van der Waals surface area contributed by atoms with E-state index in [0.29, 0.717) is 0 Å². The quantitative estimate of drug-likeness (QED) is 0.613. The fourth-order valence-corrected chi connectivity index (χ4v) is 5.42. The molecule has 106 valence electrons. The first-order chi connectivity index (χ1) is 10.3. The maximum atomic E-state index is 2.42. The third-order valence-electron chi connectivity index (χ3n) is 3.68. The first-order valence-electron chi connectivity index (χ1n) is 7.33. The molecule has 21 heavy (non-hydrogen) atoms. The lowest BCUT2D eigenvalue weighted by Gasteiger charge is -2.24. The second-order valence-corrected chi connectivity index (χ2v) is 8.82. The van der Waals surface area contributed by atoms with Crippen molar-refractivity contribution in [1.82, 2.24) is 8.78 Å². The second kappa shape index (κ2) is 7.14. The molecular weight excluding hydrogens is 290 g/mol. The lowest BCUT2D eigenvalue weighted by Crippen LogP contribution is -2.27. The summed E-state index contributed by atoms with van der Waals surface area (Å²) < 4.78 is 2.35. The van der Waals surface area contributed by atoms with Gasteiger partial charge in [-0.2, -0.15) is 0 Å². The molecule has 0 amide bonds. The van der Waals surface area contributed by atoms with E-state index < -0.39 is 0 Å². The highest BCUT2D eigenvalue weighted by Gasteiger charge is 2.15. The van der Waals surface area contributed by atoms with Gasteiger partial charge in [-0.1, -0.05) is 60.7 Å². The largest absolute Gasteiger partial charge is 0.458 e. The highest BCUT2D eigenvalue weighted by molar-refractivity contribution is 7.73. The Hall–Kier alpha value is -1.26. The minimum atomic E-state index is -0.264. The lowest BCUT2D eigenvalue weighted by atomic mass is 10.4. The van der Waals surface area contributed by atoms with Crippen molar-refractivity contribution < 1.29 is 0 Å². The Labute approximate surface area is 136 Å². The normalized spacial score (nSPS) is 14.1. The van der Waals surface area contributed by atoms with Crippen molar-refractivity contribution >= 4 is 35.0 Å². The molecule has 0 aliphatic carbocycles. The van der Waals surface area contributed by atoms with Crippen LogP contribution in [-0.4, -0.2) is 44.7 Å². The molecule has 2 aromatic carbocycles. The predicted molar refractivity (Wildman–Crippen MR) is 95.0 cm³/mol. The number of nitrogens with zero attached hydrogens (tertiary/aromatic N) is 2. The fraction of sp³-hybridized carbons (Fsp3) is 0.176. The number of rotatable bonds is 5. The molecule has 1 heterocycles. The van der Waals surface area contributed by atoms with E-state index in [2.05, 4.69) is 81.8 Å². The standard InChI is InChI=1S/C17H18N2P.Al.2H/c1-3-7-16(8-4-1)20(17-9-5-2-6-10-17)14-13-19-12-11-18-15-19;;;/h1-12H,13-15H2;;;/q-1;+1;;. The Kier molecular flexibility index (Phi) is 4.99. The van der Waals surface area contributed by atoms with Crippen LogP contribution in [0.25, 0.3) is 0 Å². The Morgan fingerprint density at radius 3 is 1.90 bits per heavy atom. The lowest BCUT2D eigenvalue weighted by molar-refractivity contribution is 0.359. The molecule has 0 radical (unpaired) electrons. The van der Waals surface area contributed by atoms with E-state index in [-0.39, 0.29) is 7.92 Å². The van der Waals surface area contributed by atoms with Gasteiger partial charge in [-0.3, -0.25) is 0 Å². The van der Waals surface area contributed by atoms with Gasteiger partial charge in [0.1, 0.15) is 0 Å². The van der Waals surface area contributed by atoms with E-state index in [4.69, 9.17) is 0 Å². The molecule has 0 spiro atoms. The predicted octanol–water partition coefficient (Wildman–Crippen LogP) is 1.71. The van der Waals surface area contributed by atoms with Crippen LogP contribution in [0.4, 0.5) is 0 Å². The van der Waals surface area contributed by atoms with Crippen molar-refractivity contribution in [1.29, 1.82) is 0 Å². The average Bonchev–Trinajstić information content (AvgIpc) is 2.95. The highest BCUT2D eigenvalue weighted by atomic mass is 31.1. The molecule has 0 bridgehead atoms. The molecule has 0 aromatic heterocycles. The molecule has 2 aromatic rings. The first kappa shape index (κ1) is 14.7. The summed E-state index contributed by atoms with van der Waals surface area (Å²) in [6.45, 7) is 2.20. The monoisotopic (exact) mass is 310 g/mol. The first-order valence-corrected chi connectivity index (χ1v) is 9.75. The van der Waals surface area contributed by atoms with Crippen LogP contribution < -0.4 is 10.6 Å². The van der Waals surface area contributed by atoms with Crippen molar-refractivity contribution in [3.8, 4) is 0 Å². The Balaban J connectivity index is 1.75. The minimum absolute atomic E-state index is 0.264. The van der Waals surface area contributed by atoms with Gasteiger partial charge >= 0.3 is 16.5 Å². The zero-order valence-electron chi connectivity index (χ0n) is 12.4. The molecular formula is C17H20AlN2P. The van der Waals surface area contributed by atoms with Crippen molar-refractivity contribution in [2.75, 3.05) is 19.4 Å². The average molecular weight is 310 g/mol. The maximum absolute atomic E-state index is 2.42. The maximum Gasteiger partial charge on any atom is 0.365 e. The molecule has 0 N–H and O–H groups in total. The van der Waals surface area contributed by atoms with Crippen molar-refractivity contribution in [3.05, 3.63) is 73.1 Å². The van der Waals surface area contributed by atoms with Gasteiger partial charge in [0.05, 0.1) is 6.67 Å². The summed E-state index contributed by atoms with van der Waals surface area (Å²) in [6.07, 6.45) is 5.65. The summed E-state index contributed by atoms with van der Waals surface area (Å²) in [7, 11) is -0.264. The summed E-state index contributed by atoms with van der Waals surface area (Å²) in [5.74, 6) is 0. The summed E-state index contributed by atoms with van der Waals surface area (Å²) in [5, 5.41) is 2.95. The third-order valence-corrected chi connectivity index (χ3v) is 6.75. The van der Waals surface area contributed by atoms with Crippen LogP contribution in [0, 0.1) is 0 Å². The topological polar surface area (TPSA) is 6.48 Å². The van der Waals surface area contributed by atoms with E-state index in [1.807, 2.05) is 0 Å². The molecule has 0 saturated carbocycles. The van der Waals surface area contributed by atoms with Crippen LogP contribution in [0.3, 0.4) is 0 Å². The van der Waals surface area contributed by atoms with E-state index in [0.717, 1.165) is 29.7 Å². The van der Waals surface area contributed by atoms with E-state index >= 15 is 0 Å². The summed E-state index contributed by atoms with van der Waals surface area (Å²) >= 11 is 1.11. The van der Waals surface area contributed by atoms with E-state index in [9.17, 15) is 0 Å². The van der Waals surface area contributed by atoms with Gasteiger partial charge in [0.2, 0.25) is 0 Å². The second-order valence-electron chi connectivity index (χ2n) is 5.33. The van der Waals surface area contributed by atoms with E-state index in [1.54, 1.807) is 0 Å². The van der Waals surface area contributed by atoms with Gasteiger partial charge in [-0.05, 0) is 30.9 Å². The molecule has 1 aliphatic rings. The van der Waals surface area contributed by atoms with Crippen LogP contribution in [0.15, 0.2) is 73.1 Å². The number of benzene rings is 2. The molecule has 2 nitrogen and oxygen atoms in total. The third kappa shape index (κ3) is 3.89. The molecule has 0 unspecified atom stereocenters. The highest BCUT2D eigenvalue weighted by Crippen LogP contribution is 2.33. The molecule has 3 rings (SSSR count). The SMILES string of the molecule is [AlH2][N]1C=CN(CCP(c2ccccc2)c2ccccc2)C1. The number of hydrogen-bond acceptors (Lipinski definition) is 2. The summed E-state index contributed by atoms with van der Waals surface area (Å²) in [4.78, 5) is 2.42. The van der Waals surface area contributed by atoms with Crippen molar-refractivity contribution in [2.24, 2.45) is 0 Å². The smallest absolute Gasteiger partial charge is 0.365 e. The fourth-order valence-electron chi connectivity index (χ4n) is 2.59. The molecule has 1 aliphatic heterocycles. The Morgan fingerprint density at radius 2 is 1.43 bits per heavy atom. The van der Waals surface area contributed by atoms with Gasteiger partial charge in [0.25, 0.3) is 0 Å². The van der Waals surface area contributed by atoms with Crippen LogP contribution >= 0.6 is 7.92 Å². The van der Waals surface area contributed by atoms with Crippen LogP contribution in [0.1, 0.15) is 0 Å². The summed E-state index contributed by atoms with van der Waals surface area (Å²) in [5.41, 5.74) is 0. The Morgan fingerprint density at radius 1 is 0.857 bits per heavy atom. The minimum Gasteiger partial charge on any atom is -0.458 e. The van der Waals surface area contributed by atoms with Gasteiger partial charge < -0.3 is 8.78 Å². The Bertz CT molecular complexity index is 549. The van der Waals surface area contributed by atoms with Gasteiger partial charge in [0, 0.05) is 12.7 Å². The van der Waals surface area contributed by atoms with Gasteiger partial charge in [0.15, 0.2) is 0 Å². The molecule has 0 fully saturated rings. The number of hydrogen-bond donors (Lipinski definition) is 0. The van der Waals surface area contributed by atoms with Gasteiger partial charge in [-0.25, -0.2) is 0 Å². The molecule has 4 heteroatoms. The van der Waals surface area contributed by atoms with Crippen LogP contribution in [-0.2, 0) is 0 Å². The summed E-state index contributed by atoms with van der Waals surface area (Å²) in [6, 6.07) is 21.9. The van der Waals surface area contributed by atoms with Crippen molar-refractivity contribution in [2.45, 2.75) is 0 Å². The molecule has 0 atom stereocenters. The van der Waals surface area contributed by atoms with Gasteiger partial charge in [-0.15, -0.1) is 0 Å². The zero-order chi connectivity index (χ0) is 14.5. The molecule has 0 saturated heterocycles.